The number of hydrogen-bond donors (Lipinski definition) is 1. The van der Waals surface area contributed by atoms with Crippen LogP contribution in [0.5, 0.6) is 5.75 Å². The summed E-state index contributed by atoms with van der Waals surface area (Å²) in [6, 6.07) is 4.92. The average molecular weight is 276 g/mol. The van der Waals surface area contributed by atoms with E-state index in [4.69, 9.17) is 15.2 Å². The second-order valence-electron chi connectivity index (χ2n) is 4.23. The Hall–Kier alpha value is -2.57. The highest BCUT2D eigenvalue weighted by Crippen LogP contribution is 2.26. The number of carbonyl (C=O) groups is 1. The molecule has 0 spiro atoms. The standard InChI is InChI=1S/C13H16N4O3/c1-8-15-16-11(17(8)2)7-20-13(18)9-5-4-6-10(14)12(9)19-3/h4-6H,7,14H2,1-3H3. The lowest BCUT2D eigenvalue weighted by molar-refractivity contribution is 0.0455. The Labute approximate surface area is 116 Å². The maximum Gasteiger partial charge on any atom is 0.342 e. The van der Waals surface area contributed by atoms with Crippen LogP contribution in [-0.4, -0.2) is 27.8 Å². The number of hydrogen-bond acceptors (Lipinski definition) is 6. The van der Waals surface area contributed by atoms with Gasteiger partial charge in [-0.1, -0.05) is 6.07 Å². The van der Waals surface area contributed by atoms with Crippen LogP contribution in [0.1, 0.15) is 22.0 Å². The van der Waals surface area contributed by atoms with Gasteiger partial charge in [-0.3, -0.25) is 0 Å². The molecule has 0 amide bonds. The summed E-state index contributed by atoms with van der Waals surface area (Å²) in [5.41, 5.74) is 6.41. The normalized spacial score (nSPS) is 10.3. The lowest BCUT2D eigenvalue weighted by Gasteiger charge is -2.10. The first-order valence-corrected chi connectivity index (χ1v) is 5.99. The maximum atomic E-state index is 12.1. The smallest absolute Gasteiger partial charge is 0.342 e. The maximum absolute atomic E-state index is 12.1. The van der Waals surface area contributed by atoms with E-state index in [2.05, 4.69) is 10.2 Å². The third kappa shape index (κ3) is 2.56. The van der Waals surface area contributed by atoms with Crippen LogP contribution >= 0.6 is 0 Å². The van der Waals surface area contributed by atoms with Crippen LogP contribution in [0.4, 0.5) is 5.69 Å². The highest BCUT2D eigenvalue weighted by atomic mass is 16.5. The molecule has 0 aliphatic rings. The van der Waals surface area contributed by atoms with E-state index in [1.807, 2.05) is 6.92 Å². The second kappa shape index (κ2) is 5.60. The summed E-state index contributed by atoms with van der Waals surface area (Å²) in [5.74, 6) is 1.11. The Morgan fingerprint density at radius 2 is 2.15 bits per heavy atom. The van der Waals surface area contributed by atoms with Crippen molar-refractivity contribution >= 4 is 11.7 Å². The number of rotatable bonds is 4. The van der Waals surface area contributed by atoms with E-state index in [1.54, 1.807) is 29.8 Å². The first-order chi connectivity index (χ1) is 9.54. The van der Waals surface area contributed by atoms with E-state index in [1.165, 1.54) is 7.11 Å². The number of aryl methyl sites for hydroxylation is 1. The van der Waals surface area contributed by atoms with Gasteiger partial charge in [0.25, 0.3) is 0 Å². The van der Waals surface area contributed by atoms with Gasteiger partial charge in [0.2, 0.25) is 0 Å². The molecule has 106 valence electrons. The Bertz CT molecular complexity index is 637. The molecule has 7 heteroatoms. The van der Waals surface area contributed by atoms with Gasteiger partial charge < -0.3 is 19.8 Å². The summed E-state index contributed by atoms with van der Waals surface area (Å²) in [4.78, 5) is 12.1. The molecule has 7 nitrogen and oxygen atoms in total. The van der Waals surface area contributed by atoms with Gasteiger partial charge in [0.1, 0.15) is 11.4 Å². The quantitative estimate of drug-likeness (QED) is 0.663. The first-order valence-electron chi connectivity index (χ1n) is 5.99. The number of nitrogens with zero attached hydrogens (tertiary/aromatic N) is 3. The van der Waals surface area contributed by atoms with E-state index < -0.39 is 5.97 Å². The van der Waals surface area contributed by atoms with Crippen LogP contribution in [0.3, 0.4) is 0 Å². The monoisotopic (exact) mass is 276 g/mol. The van der Waals surface area contributed by atoms with Gasteiger partial charge in [0.05, 0.1) is 12.8 Å². The van der Waals surface area contributed by atoms with E-state index in [-0.39, 0.29) is 12.2 Å². The molecule has 0 saturated heterocycles. The summed E-state index contributed by atoms with van der Waals surface area (Å²) in [5, 5.41) is 7.81. The van der Waals surface area contributed by atoms with Crippen molar-refractivity contribution in [2.45, 2.75) is 13.5 Å². The van der Waals surface area contributed by atoms with Crippen molar-refractivity contribution in [1.29, 1.82) is 0 Å². The number of ether oxygens (including phenoxy) is 2. The van der Waals surface area contributed by atoms with Gasteiger partial charge in [-0.05, 0) is 19.1 Å². The molecule has 1 heterocycles. The average Bonchev–Trinajstić information content (AvgIpc) is 2.76. The van der Waals surface area contributed by atoms with Crippen LogP contribution in [0.25, 0.3) is 0 Å². The number of para-hydroxylation sites is 1. The van der Waals surface area contributed by atoms with Crippen molar-refractivity contribution in [2.24, 2.45) is 7.05 Å². The van der Waals surface area contributed by atoms with Crippen molar-refractivity contribution < 1.29 is 14.3 Å². The van der Waals surface area contributed by atoms with Gasteiger partial charge >= 0.3 is 5.97 Å². The molecule has 0 unspecified atom stereocenters. The van der Waals surface area contributed by atoms with E-state index in [0.717, 1.165) is 5.82 Å². The lowest BCUT2D eigenvalue weighted by Crippen LogP contribution is -2.10. The van der Waals surface area contributed by atoms with Gasteiger partial charge in [-0.25, -0.2) is 4.79 Å². The Morgan fingerprint density at radius 3 is 2.75 bits per heavy atom. The molecule has 1 aromatic carbocycles. The fourth-order valence-electron chi connectivity index (χ4n) is 1.73. The molecule has 20 heavy (non-hydrogen) atoms. The van der Waals surface area contributed by atoms with Crippen LogP contribution in [-0.2, 0) is 18.4 Å². The highest BCUT2D eigenvalue weighted by molar-refractivity contribution is 5.94. The van der Waals surface area contributed by atoms with Gasteiger partial charge in [0, 0.05) is 7.05 Å². The van der Waals surface area contributed by atoms with Crippen molar-refractivity contribution in [2.75, 3.05) is 12.8 Å². The number of carbonyl (C=O) groups excluding carboxylic acids is 1. The molecule has 0 saturated carbocycles. The zero-order chi connectivity index (χ0) is 14.7. The topological polar surface area (TPSA) is 92.3 Å². The Balaban J connectivity index is 2.13. The minimum Gasteiger partial charge on any atom is -0.494 e. The third-order valence-electron chi connectivity index (χ3n) is 2.98. The van der Waals surface area contributed by atoms with Crippen molar-refractivity contribution in [3.8, 4) is 5.75 Å². The van der Waals surface area contributed by atoms with E-state index >= 15 is 0 Å². The van der Waals surface area contributed by atoms with Crippen LogP contribution in [0.2, 0.25) is 0 Å². The van der Waals surface area contributed by atoms with Crippen LogP contribution < -0.4 is 10.5 Å². The molecule has 0 radical (unpaired) electrons. The molecular formula is C13H16N4O3. The third-order valence-corrected chi connectivity index (χ3v) is 2.98. The minimum absolute atomic E-state index is 0.0358. The highest BCUT2D eigenvalue weighted by Gasteiger charge is 2.17. The zero-order valence-electron chi connectivity index (χ0n) is 11.6. The zero-order valence-corrected chi connectivity index (χ0v) is 11.6. The van der Waals surface area contributed by atoms with Crippen LogP contribution in [0.15, 0.2) is 18.2 Å². The number of benzene rings is 1. The van der Waals surface area contributed by atoms with Crippen LogP contribution in [0, 0.1) is 6.92 Å². The molecule has 2 N–H and O–H groups in total. The minimum atomic E-state index is -0.519. The second-order valence-corrected chi connectivity index (χ2v) is 4.23. The summed E-state index contributed by atoms with van der Waals surface area (Å²) in [6.07, 6.45) is 0. The van der Waals surface area contributed by atoms with E-state index in [9.17, 15) is 4.79 Å². The fourth-order valence-corrected chi connectivity index (χ4v) is 1.73. The molecule has 0 aliphatic carbocycles. The van der Waals surface area contributed by atoms with Gasteiger partial charge in [-0.15, -0.1) is 10.2 Å². The molecule has 0 bridgehead atoms. The summed E-state index contributed by atoms with van der Waals surface area (Å²) in [7, 11) is 3.26. The number of anilines is 1. The van der Waals surface area contributed by atoms with E-state index in [0.29, 0.717) is 17.3 Å². The SMILES string of the molecule is COc1c(N)cccc1C(=O)OCc1nnc(C)n1C. The molecule has 0 aliphatic heterocycles. The number of nitrogen functional groups attached to an aromatic ring is 1. The van der Waals surface area contributed by atoms with Gasteiger partial charge in [-0.2, -0.15) is 0 Å². The van der Waals surface area contributed by atoms with Crippen molar-refractivity contribution in [1.82, 2.24) is 14.8 Å². The molecule has 0 atom stereocenters. The Kier molecular flexibility index (Phi) is 3.88. The van der Waals surface area contributed by atoms with Gasteiger partial charge in [0.15, 0.2) is 18.2 Å². The molecule has 2 rings (SSSR count). The largest absolute Gasteiger partial charge is 0.494 e. The summed E-state index contributed by atoms with van der Waals surface area (Å²) < 4.78 is 12.1. The fraction of sp³-hybridized carbons (Fsp3) is 0.308. The molecule has 0 fully saturated rings. The number of esters is 1. The predicted octanol–water partition coefficient (Wildman–Crippen LogP) is 1.07. The molecule has 1 aromatic heterocycles. The van der Waals surface area contributed by atoms with Crippen molar-refractivity contribution in [3.05, 3.63) is 35.4 Å². The molecule has 2 aromatic rings. The summed E-state index contributed by atoms with van der Waals surface area (Å²) in [6.45, 7) is 1.85. The lowest BCUT2D eigenvalue weighted by atomic mass is 10.2. The number of methoxy groups -OCH3 is 1. The molecular weight excluding hydrogens is 260 g/mol. The van der Waals surface area contributed by atoms with Crippen molar-refractivity contribution in [3.63, 3.8) is 0 Å². The summed E-state index contributed by atoms with van der Waals surface area (Å²) >= 11 is 0. The number of nitrogens with two attached hydrogens (primary N) is 1. The predicted molar refractivity (Wildman–Crippen MR) is 72.3 cm³/mol. The first kappa shape index (κ1) is 13.9. The Morgan fingerprint density at radius 1 is 1.40 bits per heavy atom. The number of aromatic nitrogens is 3.